The van der Waals surface area contributed by atoms with Crippen molar-refractivity contribution in [2.45, 2.75) is 50.7 Å². The van der Waals surface area contributed by atoms with E-state index in [1.807, 2.05) is 0 Å². The van der Waals surface area contributed by atoms with Gasteiger partial charge >= 0.3 is 0 Å². The second-order valence-corrected chi connectivity index (χ2v) is 10.7. The van der Waals surface area contributed by atoms with Crippen molar-refractivity contribution in [2.75, 3.05) is 31.1 Å². The van der Waals surface area contributed by atoms with Gasteiger partial charge in [0.25, 0.3) is 12.3 Å². The average Bonchev–Trinajstić information content (AvgIpc) is 3.34. The van der Waals surface area contributed by atoms with Crippen LogP contribution in [0.4, 0.5) is 18.9 Å². The fourth-order valence-electron chi connectivity index (χ4n) is 6.40. The van der Waals surface area contributed by atoms with E-state index in [0.717, 1.165) is 50.1 Å². The minimum atomic E-state index is -2.94. The van der Waals surface area contributed by atoms with E-state index >= 15 is 0 Å². The summed E-state index contributed by atoms with van der Waals surface area (Å²) in [6, 6.07) is 5.45. The van der Waals surface area contributed by atoms with E-state index in [2.05, 4.69) is 25.2 Å². The van der Waals surface area contributed by atoms with Crippen LogP contribution in [0.1, 0.15) is 60.1 Å². The number of nitrogens with zero attached hydrogens (tertiary/aromatic N) is 5. The molecule has 8 nitrogen and oxygen atoms in total. The van der Waals surface area contributed by atoms with Gasteiger partial charge in [-0.15, -0.1) is 0 Å². The summed E-state index contributed by atoms with van der Waals surface area (Å²) >= 11 is 0. The van der Waals surface area contributed by atoms with Crippen LogP contribution in [-0.2, 0) is 0 Å². The zero-order chi connectivity index (χ0) is 26.6. The topological polar surface area (TPSA) is 86.0 Å². The monoisotopic (exact) mass is 528 g/mol. The average molecular weight is 529 g/mol. The highest BCUT2D eigenvalue weighted by atomic mass is 19.3. The molecule has 3 fully saturated rings. The third kappa shape index (κ3) is 4.41. The molecule has 0 radical (unpaired) electrons. The van der Waals surface area contributed by atoms with Crippen molar-refractivity contribution in [3.05, 3.63) is 59.3 Å². The van der Waals surface area contributed by atoms with Gasteiger partial charge in [0.15, 0.2) is 5.65 Å². The maximum absolute atomic E-state index is 14.6. The van der Waals surface area contributed by atoms with Crippen LogP contribution in [0.2, 0.25) is 0 Å². The lowest BCUT2D eigenvalue weighted by Gasteiger charge is -2.41. The molecular formula is C27H31F3N6O2. The van der Waals surface area contributed by atoms with Crippen molar-refractivity contribution in [1.82, 2.24) is 24.8 Å². The molecule has 11 heteroatoms. The van der Waals surface area contributed by atoms with E-state index in [1.54, 1.807) is 23.7 Å². The summed E-state index contributed by atoms with van der Waals surface area (Å²) in [7, 11) is 0. The van der Waals surface area contributed by atoms with Gasteiger partial charge in [-0.2, -0.15) is 5.10 Å². The number of piperidine rings is 2. The van der Waals surface area contributed by atoms with Crippen LogP contribution in [0.15, 0.2) is 36.8 Å². The second-order valence-electron chi connectivity index (χ2n) is 10.7. The van der Waals surface area contributed by atoms with E-state index in [1.165, 1.54) is 24.9 Å². The molecule has 4 atom stereocenters. The Bertz CT molecular complexity index is 1340. The number of hydrogen-bond acceptors (Lipinski definition) is 6. The Morgan fingerprint density at radius 2 is 2.00 bits per heavy atom. The Balaban J connectivity index is 1.19. The summed E-state index contributed by atoms with van der Waals surface area (Å²) in [5.74, 6) is -0.0819. The Morgan fingerprint density at radius 1 is 1.24 bits per heavy atom. The Labute approximate surface area is 218 Å². The summed E-state index contributed by atoms with van der Waals surface area (Å²) in [5.41, 5.74) is 1.06. The number of fused-ring (bicyclic) bond motifs is 2. The Morgan fingerprint density at radius 3 is 2.74 bits per heavy atom. The first-order chi connectivity index (χ1) is 18.4. The molecule has 1 amide bonds. The molecule has 202 valence electrons. The fraction of sp³-hybridized carbons (Fsp3) is 0.519. The van der Waals surface area contributed by atoms with Crippen LogP contribution in [0.3, 0.4) is 0 Å². The lowest BCUT2D eigenvalue weighted by molar-refractivity contribution is 0.0855. The van der Waals surface area contributed by atoms with Gasteiger partial charge in [0.1, 0.15) is 12.1 Å². The molecule has 1 saturated carbocycles. The van der Waals surface area contributed by atoms with E-state index in [9.17, 15) is 23.1 Å². The number of aliphatic hydroxyl groups is 1. The number of hydrogen-bond donors (Lipinski definition) is 2. The zero-order valence-corrected chi connectivity index (χ0v) is 21.1. The predicted molar refractivity (Wildman–Crippen MR) is 135 cm³/mol. The number of halogens is 3. The van der Waals surface area contributed by atoms with Gasteiger partial charge < -0.3 is 15.3 Å². The minimum Gasteiger partial charge on any atom is -0.395 e. The number of aliphatic hydroxyl groups excluding tert-OH is 1. The number of pyridine rings is 1. The lowest BCUT2D eigenvalue weighted by atomic mass is 10.0. The normalized spacial score (nSPS) is 24.7. The molecule has 38 heavy (non-hydrogen) atoms. The minimum absolute atomic E-state index is 0.000938. The van der Waals surface area contributed by atoms with E-state index in [4.69, 9.17) is 0 Å². The Kier molecular flexibility index (Phi) is 6.51. The Hall–Kier alpha value is -3.18. The second kappa shape index (κ2) is 9.85. The highest BCUT2D eigenvalue weighted by Crippen LogP contribution is 2.50. The smallest absolute Gasteiger partial charge is 0.266 e. The quantitative estimate of drug-likeness (QED) is 0.488. The van der Waals surface area contributed by atoms with Crippen LogP contribution in [0.25, 0.3) is 5.65 Å². The number of likely N-dealkylation sites (tertiary alicyclic amines) is 1. The predicted octanol–water partition coefficient (Wildman–Crippen LogP) is 3.58. The summed E-state index contributed by atoms with van der Waals surface area (Å²) in [5, 5.41) is 16.9. The van der Waals surface area contributed by atoms with E-state index in [0.29, 0.717) is 23.2 Å². The molecular weight excluding hydrogens is 497 g/mol. The highest BCUT2D eigenvalue weighted by Gasteiger charge is 2.53. The molecule has 2 unspecified atom stereocenters. The number of alkyl halides is 2. The van der Waals surface area contributed by atoms with Crippen LogP contribution in [0.5, 0.6) is 0 Å². The molecule has 3 aromatic rings. The third-order valence-corrected chi connectivity index (χ3v) is 8.53. The molecule has 6 rings (SSSR count). The molecule has 1 aliphatic carbocycles. The maximum atomic E-state index is 14.6. The molecule has 2 aromatic heterocycles. The largest absolute Gasteiger partial charge is 0.395 e. The third-order valence-electron chi connectivity index (χ3n) is 8.53. The number of carbonyl (C=O) groups excluding carboxylic acids is 1. The number of benzene rings is 1. The number of amides is 1. The molecule has 0 spiro atoms. The van der Waals surface area contributed by atoms with Crippen molar-refractivity contribution in [2.24, 2.45) is 11.8 Å². The number of anilines is 1. The van der Waals surface area contributed by atoms with Crippen LogP contribution < -0.4 is 10.2 Å². The summed E-state index contributed by atoms with van der Waals surface area (Å²) in [6.45, 7) is 4.42. The number of rotatable bonds is 7. The van der Waals surface area contributed by atoms with Gasteiger partial charge in [-0.05, 0) is 44.1 Å². The number of carbonyl (C=O) groups is 1. The van der Waals surface area contributed by atoms with Gasteiger partial charge in [-0.3, -0.25) is 9.69 Å². The first kappa shape index (κ1) is 25.1. The SMILES string of the molecule is C[C@@H](NC(=O)c1cc(N2CCC(N3CC4CC4[C@@H]3CO)CC2)c2ncnn2c1)c1cccc(C(F)F)c1F. The summed E-state index contributed by atoms with van der Waals surface area (Å²) < 4.78 is 42.5. The fourth-order valence-corrected chi connectivity index (χ4v) is 6.40. The van der Waals surface area contributed by atoms with Crippen molar-refractivity contribution in [3.8, 4) is 0 Å². The van der Waals surface area contributed by atoms with Gasteiger partial charge in [0.2, 0.25) is 0 Å². The first-order valence-electron chi connectivity index (χ1n) is 13.2. The first-order valence-corrected chi connectivity index (χ1v) is 13.2. The molecule has 3 aliphatic rings. The molecule has 0 bridgehead atoms. The van der Waals surface area contributed by atoms with Gasteiger partial charge in [0.05, 0.1) is 29.5 Å². The van der Waals surface area contributed by atoms with Crippen LogP contribution >= 0.6 is 0 Å². The van der Waals surface area contributed by atoms with Crippen molar-refractivity contribution < 1.29 is 23.1 Å². The molecule has 4 heterocycles. The van der Waals surface area contributed by atoms with Gasteiger partial charge in [0, 0.05) is 43.5 Å². The van der Waals surface area contributed by atoms with E-state index in [-0.39, 0.29) is 18.2 Å². The molecule has 2 N–H and O–H groups in total. The summed E-state index contributed by atoms with van der Waals surface area (Å²) in [4.78, 5) is 22.3. The summed E-state index contributed by atoms with van der Waals surface area (Å²) in [6.07, 6.45) is 3.19. The maximum Gasteiger partial charge on any atom is 0.266 e. The molecule has 1 aromatic carbocycles. The zero-order valence-electron chi connectivity index (χ0n) is 21.1. The molecule has 2 aliphatic heterocycles. The van der Waals surface area contributed by atoms with Crippen molar-refractivity contribution in [1.29, 1.82) is 0 Å². The van der Waals surface area contributed by atoms with Gasteiger partial charge in [-0.25, -0.2) is 22.7 Å². The molecule has 2 saturated heterocycles. The number of aromatic nitrogens is 3. The van der Waals surface area contributed by atoms with Crippen LogP contribution in [-0.4, -0.2) is 68.8 Å². The van der Waals surface area contributed by atoms with E-state index < -0.39 is 29.8 Å². The standard InChI is InChI=1S/C27H31F3N6O2/c1-15(19-3-2-4-20(24(19)28)25(29)30)33-27(38)17-10-22(26-31-14-32-36(26)12-17)34-7-5-18(6-8-34)35-11-16-9-21(16)23(35)13-37/h2-4,10,12,14-16,18,21,23,25,37H,5-9,11,13H2,1H3,(H,33,38)/t15-,16?,21?,23+/m1/s1. The van der Waals surface area contributed by atoms with Crippen molar-refractivity contribution >= 4 is 17.2 Å². The highest BCUT2D eigenvalue weighted by molar-refractivity contribution is 5.96. The van der Waals surface area contributed by atoms with Gasteiger partial charge in [-0.1, -0.05) is 18.2 Å². The van der Waals surface area contributed by atoms with Crippen LogP contribution in [0, 0.1) is 17.7 Å². The lowest BCUT2D eigenvalue weighted by Crippen LogP contribution is -2.49. The van der Waals surface area contributed by atoms with Crippen molar-refractivity contribution in [3.63, 3.8) is 0 Å². The number of nitrogens with one attached hydrogen (secondary N) is 1.